The van der Waals surface area contributed by atoms with Crippen molar-refractivity contribution in [3.05, 3.63) is 18.0 Å². The van der Waals surface area contributed by atoms with Gasteiger partial charge in [-0.05, 0) is 20.8 Å². The third kappa shape index (κ3) is 3.72. The first kappa shape index (κ1) is 12.2. The number of carbonyl (C=O) groups is 2. The number of carbonyl (C=O) groups excluding carboxylic acids is 1. The quantitative estimate of drug-likeness (QED) is 0.775. The van der Waals surface area contributed by atoms with Gasteiger partial charge in [0, 0.05) is 6.20 Å². The normalized spacial score (nSPS) is 11.2. The summed E-state index contributed by atoms with van der Waals surface area (Å²) in [6.07, 6.45) is 2.47. The van der Waals surface area contributed by atoms with Crippen LogP contribution in [-0.2, 0) is 16.1 Å². The number of aromatic carboxylic acids is 1. The molecule has 16 heavy (non-hydrogen) atoms. The van der Waals surface area contributed by atoms with Crippen LogP contribution in [0.25, 0.3) is 0 Å². The van der Waals surface area contributed by atoms with Crippen molar-refractivity contribution in [1.29, 1.82) is 0 Å². The van der Waals surface area contributed by atoms with Crippen LogP contribution in [0.2, 0.25) is 0 Å². The molecule has 88 valence electrons. The van der Waals surface area contributed by atoms with Crippen molar-refractivity contribution in [2.24, 2.45) is 0 Å². The van der Waals surface area contributed by atoms with Crippen molar-refractivity contribution in [2.75, 3.05) is 0 Å². The van der Waals surface area contributed by atoms with Crippen LogP contribution < -0.4 is 0 Å². The van der Waals surface area contributed by atoms with E-state index in [1.165, 1.54) is 17.1 Å². The highest BCUT2D eigenvalue weighted by atomic mass is 16.6. The van der Waals surface area contributed by atoms with Crippen molar-refractivity contribution in [2.45, 2.75) is 32.9 Å². The first-order chi connectivity index (χ1) is 7.28. The van der Waals surface area contributed by atoms with Crippen LogP contribution in [0, 0.1) is 0 Å². The number of nitrogens with zero attached hydrogens (tertiary/aromatic N) is 2. The molecule has 0 amide bonds. The SMILES string of the molecule is CC(C)(C)OC(=O)Cn1cc(C(=O)O)cn1. The number of ether oxygens (including phenoxy) is 1. The molecule has 1 aromatic heterocycles. The van der Waals surface area contributed by atoms with E-state index < -0.39 is 17.5 Å². The van der Waals surface area contributed by atoms with Crippen LogP contribution in [0.4, 0.5) is 0 Å². The smallest absolute Gasteiger partial charge is 0.338 e. The van der Waals surface area contributed by atoms with Crippen LogP contribution in [-0.4, -0.2) is 32.4 Å². The van der Waals surface area contributed by atoms with Gasteiger partial charge in [0.05, 0.1) is 11.8 Å². The van der Waals surface area contributed by atoms with Crippen LogP contribution >= 0.6 is 0 Å². The van der Waals surface area contributed by atoms with Gasteiger partial charge in [-0.3, -0.25) is 9.48 Å². The molecule has 0 saturated carbocycles. The lowest BCUT2D eigenvalue weighted by Gasteiger charge is -2.19. The van der Waals surface area contributed by atoms with E-state index >= 15 is 0 Å². The summed E-state index contributed by atoms with van der Waals surface area (Å²) >= 11 is 0. The molecule has 0 unspecified atom stereocenters. The highest BCUT2D eigenvalue weighted by Gasteiger charge is 2.17. The summed E-state index contributed by atoms with van der Waals surface area (Å²) in [5.41, 5.74) is -0.511. The monoisotopic (exact) mass is 226 g/mol. The first-order valence-electron chi connectivity index (χ1n) is 4.75. The summed E-state index contributed by atoms with van der Waals surface area (Å²) in [5, 5.41) is 12.4. The number of carboxylic acids is 1. The minimum atomic E-state index is -1.07. The van der Waals surface area contributed by atoms with E-state index in [1.807, 2.05) is 0 Å². The van der Waals surface area contributed by atoms with E-state index in [2.05, 4.69) is 5.10 Å². The molecule has 1 aromatic rings. The lowest BCUT2D eigenvalue weighted by atomic mass is 10.2. The van der Waals surface area contributed by atoms with Gasteiger partial charge in [0.2, 0.25) is 0 Å². The average molecular weight is 226 g/mol. The van der Waals surface area contributed by atoms with Crippen LogP contribution in [0.5, 0.6) is 0 Å². The predicted octanol–water partition coefficient (Wildman–Crippen LogP) is 0.923. The topological polar surface area (TPSA) is 81.4 Å². The molecule has 0 aromatic carbocycles. The Morgan fingerprint density at radius 2 is 2.12 bits per heavy atom. The number of hydrogen-bond donors (Lipinski definition) is 1. The van der Waals surface area contributed by atoms with E-state index in [4.69, 9.17) is 9.84 Å². The number of carboxylic acid groups (broad SMARTS) is 1. The molecule has 0 bridgehead atoms. The summed E-state index contributed by atoms with van der Waals surface area (Å²) < 4.78 is 6.30. The molecule has 1 N–H and O–H groups in total. The highest BCUT2D eigenvalue weighted by Crippen LogP contribution is 2.07. The van der Waals surface area contributed by atoms with Crippen LogP contribution in [0.1, 0.15) is 31.1 Å². The molecular weight excluding hydrogens is 212 g/mol. The Morgan fingerprint density at radius 1 is 1.50 bits per heavy atom. The van der Waals surface area contributed by atoms with Crippen molar-refractivity contribution < 1.29 is 19.4 Å². The van der Waals surface area contributed by atoms with Gasteiger partial charge in [-0.25, -0.2) is 4.79 Å². The average Bonchev–Trinajstić information content (AvgIpc) is 2.48. The summed E-state index contributed by atoms with van der Waals surface area (Å²) in [6, 6.07) is 0. The van der Waals surface area contributed by atoms with Gasteiger partial charge in [-0.15, -0.1) is 0 Å². The fourth-order valence-electron chi connectivity index (χ4n) is 1.07. The van der Waals surface area contributed by atoms with Crippen molar-refractivity contribution in [3.8, 4) is 0 Å². The van der Waals surface area contributed by atoms with E-state index in [-0.39, 0.29) is 12.1 Å². The standard InChI is InChI=1S/C10H14N2O4/c1-10(2,3)16-8(13)6-12-5-7(4-11-12)9(14)15/h4-5H,6H2,1-3H3,(H,14,15). The Balaban J connectivity index is 2.60. The maximum atomic E-state index is 11.4. The maximum Gasteiger partial charge on any atom is 0.338 e. The first-order valence-corrected chi connectivity index (χ1v) is 4.75. The zero-order valence-electron chi connectivity index (χ0n) is 9.43. The van der Waals surface area contributed by atoms with Gasteiger partial charge in [0.1, 0.15) is 12.1 Å². The maximum absolute atomic E-state index is 11.4. The van der Waals surface area contributed by atoms with Gasteiger partial charge in [-0.2, -0.15) is 5.10 Å². The largest absolute Gasteiger partial charge is 0.478 e. The van der Waals surface area contributed by atoms with Gasteiger partial charge in [-0.1, -0.05) is 0 Å². The molecule has 0 saturated heterocycles. The van der Waals surface area contributed by atoms with Gasteiger partial charge < -0.3 is 9.84 Å². The summed E-state index contributed by atoms with van der Waals surface area (Å²) in [4.78, 5) is 21.9. The van der Waals surface area contributed by atoms with Crippen LogP contribution in [0.3, 0.4) is 0 Å². The molecule has 1 heterocycles. The Labute approximate surface area is 92.8 Å². The van der Waals surface area contributed by atoms with Gasteiger partial charge in [0.15, 0.2) is 0 Å². The zero-order chi connectivity index (χ0) is 12.3. The van der Waals surface area contributed by atoms with E-state index in [9.17, 15) is 9.59 Å². The molecule has 6 nitrogen and oxygen atoms in total. The Morgan fingerprint density at radius 3 is 2.56 bits per heavy atom. The summed E-state index contributed by atoms with van der Waals surface area (Å²) in [7, 11) is 0. The molecule has 0 aliphatic rings. The van der Waals surface area contributed by atoms with Crippen molar-refractivity contribution in [1.82, 2.24) is 9.78 Å². The predicted molar refractivity (Wildman–Crippen MR) is 55.0 cm³/mol. The van der Waals surface area contributed by atoms with E-state index in [0.717, 1.165) is 0 Å². The Kier molecular flexibility index (Phi) is 3.31. The summed E-state index contributed by atoms with van der Waals surface area (Å²) in [6.45, 7) is 5.19. The second-order valence-electron chi connectivity index (χ2n) is 4.32. The molecule has 1 rings (SSSR count). The van der Waals surface area contributed by atoms with Gasteiger partial charge >= 0.3 is 11.9 Å². The molecule has 0 atom stereocenters. The molecule has 0 radical (unpaired) electrons. The molecule has 6 heteroatoms. The Bertz CT molecular complexity index is 403. The molecule has 0 aliphatic heterocycles. The number of esters is 1. The molecule has 0 aliphatic carbocycles. The fraction of sp³-hybridized carbons (Fsp3) is 0.500. The minimum Gasteiger partial charge on any atom is -0.478 e. The van der Waals surface area contributed by atoms with E-state index in [0.29, 0.717) is 0 Å². The molecule has 0 fully saturated rings. The number of hydrogen-bond acceptors (Lipinski definition) is 4. The van der Waals surface area contributed by atoms with Crippen molar-refractivity contribution >= 4 is 11.9 Å². The highest BCUT2D eigenvalue weighted by molar-refractivity contribution is 5.86. The van der Waals surface area contributed by atoms with Gasteiger partial charge in [0.25, 0.3) is 0 Å². The van der Waals surface area contributed by atoms with Crippen molar-refractivity contribution in [3.63, 3.8) is 0 Å². The molecular formula is C10H14N2O4. The zero-order valence-corrected chi connectivity index (χ0v) is 9.43. The lowest BCUT2D eigenvalue weighted by molar-refractivity contribution is -0.155. The summed E-state index contributed by atoms with van der Waals surface area (Å²) in [5.74, 6) is -1.53. The fourth-order valence-corrected chi connectivity index (χ4v) is 1.07. The third-order valence-corrected chi connectivity index (χ3v) is 1.59. The number of aromatic nitrogens is 2. The second-order valence-corrected chi connectivity index (χ2v) is 4.32. The second kappa shape index (κ2) is 4.34. The minimum absolute atomic E-state index is 0.0450. The third-order valence-electron chi connectivity index (χ3n) is 1.59. The Hall–Kier alpha value is -1.85. The number of rotatable bonds is 3. The van der Waals surface area contributed by atoms with Crippen LogP contribution in [0.15, 0.2) is 12.4 Å². The van der Waals surface area contributed by atoms with E-state index in [1.54, 1.807) is 20.8 Å². The lowest BCUT2D eigenvalue weighted by Crippen LogP contribution is -2.26. The molecule has 0 spiro atoms.